The molecule has 3 heterocycles. The van der Waals surface area contributed by atoms with E-state index in [2.05, 4.69) is 24.9 Å². The Morgan fingerprint density at radius 3 is 2.61 bits per heavy atom. The lowest BCUT2D eigenvalue weighted by molar-refractivity contribution is 0.327. The van der Waals surface area contributed by atoms with Crippen molar-refractivity contribution in [3.63, 3.8) is 0 Å². The molecule has 0 atom stereocenters. The predicted octanol–water partition coefficient (Wildman–Crippen LogP) is 4.50. The molecule has 0 amide bonds. The van der Waals surface area contributed by atoms with Gasteiger partial charge >= 0.3 is 5.69 Å². The third kappa shape index (κ3) is 4.52. The molecule has 8 nitrogen and oxygen atoms in total. The van der Waals surface area contributed by atoms with Crippen LogP contribution in [0.2, 0.25) is 0 Å². The van der Waals surface area contributed by atoms with Gasteiger partial charge in [0.25, 0.3) is 0 Å². The predicted molar refractivity (Wildman–Crippen MR) is 122 cm³/mol. The summed E-state index contributed by atoms with van der Waals surface area (Å²) in [6.45, 7) is 0.642. The number of nitrogens with zero attached hydrogens (tertiary/aromatic N) is 4. The maximum atomic E-state index is 12.5. The largest absolute Gasteiger partial charge is 0.382 e. The minimum atomic E-state index is -0.173. The van der Waals surface area contributed by atoms with Crippen molar-refractivity contribution in [1.29, 1.82) is 0 Å². The van der Waals surface area contributed by atoms with Crippen molar-refractivity contribution in [2.24, 2.45) is 5.92 Å². The van der Waals surface area contributed by atoms with Gasteiger partial charge in [-0.25, -0.2) is 19.7 Å². The number of unbranched alkanes of at least 4 members (excludes halogenated alkanes) is 3. The zero-order valence-electron chi connectivity index (χ0n) is 18.2. The van der Waals surface area contributed by atoms with Crippen LogP contribution in [0.25, 0.3) is 22.8 Å². The quantitative estimate of drug-likeness (QED) is 0.438. The van der Waals surface area contributed by atoms with Gasteiger partial charge in [-0.3, -0.25) is 4.57 Å². The van der Waals surface area contributed by atoms with Crippen molar-refractivity contribution < 1.29 is 0 Å². The van der Waals surface area contributed by atoms with Crippen LogP contribution < -0.4 is 11.4 Å². The highest BCUT2D eigenvalue weighted by Gasteiger charge is 2.26. The Labute approximate surface area is 182 Å². The molecule has 8 heteroatoms. The first-order chi connectivity index (χ1) is 15.2. The van der Waals surface area contributed by atoms with Crippen molar-refractivity contribution in [3.05, 3.63) is 22.4 Å². The van der Waals surface area contributed by atoms with E-state index in [-0.39, 0.29) is 11.5 Å². The molecule has 2 saturated carbocycles. The molecule has 0 aliphatic heterocycles. The number of imidazole rings is 2. The van der Waals surface area contributed by atoms with Gasteiger partial charge in [0.2, 0.25) is 0 Å². The highest BCUT2D eigenvalue weighted by Crippen LogP contribution is 2.39. The van der Waals surface area contributed by atoms with Crippen LogP contribution in [0.3, 0.4) is 0 Å². The van der Waals surface area contributed by atoms with E-state index in [1.54, 1.807) is 4.57 Å². The van der Waals surface area contributed by atoms with Crippen LogP contribution in [0.1, 0.15) is 88.7 Å². The Morgan fingerprint density at radius 2 is 1.81 bits per heavy atom. The van der Waals surface area contributed by atoms with Crippen molar-refractivity contribution >= 4 is 17.0 Å². The maximum Gasteiger partial charge on any atom is 0.327 e. The number of aromatic amines is 2. The second-order valence-corrected chi connectivity index (χ2v) is 9.37. The number of nitrogens with one attached hydrogen (secondary N) is 2. The summed E-state index contributed by atoms with van der Waals surface area (Å²) in [5.74, 6) is 2.84. The third-order valence-corrected chi connectivity index (χ3v) is 6.92. The van der Waals surface area contributed by atoms with E-state index < -0.39 is 0 Å². The molecular weight excluding hydrogens is 390 g/mol. The highest BCUT2D eigenvalue weighted by atomic mass is 16.1. The van der Waals surface area contributed by atoms with Gasteiger partial charge in [0.15, 0.2) is 23.1 Å². The number of hydrogen-bond acceptors (Lipinski definition) is 5. The molecule has 4 N–H and O–H groups in total. The lowest BCUT2D eigenvalue weighted by Gasteiger charge is -2.21. The van der Waals surface area contributed by atoms with E-state index >= 15 is 0 Å². The van der Waals surface area contributed by atoms with E-state index in [1.165, 1.54) is 64.2 Å². The molecule has 166 valence electrons. The zero-order chi connectivity index (χ0) is 21.2. The van der Waals surface area contributed by atoms with Crippen LogP contribution in [0.5, 0.6) is 0 Å². The smallest absolute Gasteiger partial charge is 0.327 e. The van der Waals surface area contributed by atoms with Crippen LogP contribution >= 0.6 is 0 Å². The van der Waals surface area contributed by atoms with E-state index in [0.717, 1.165) is 24.5 Å². The van der Waals surface area contributed by atoms with E-state index in [4.69, 9.17) is 5.73 Å². The summed E-state index contributed by atoms with van der Waals surface area (Å²) in [4.78, 5) is 32.2. The number of H-pyrrole nitrogens is 2. The molecule has 3 aromatic rings. The summed E-state index contributed by atoms with van der Waals surface area (Å²) < 4.78 is 1.70. The monoisotopic (exact) mass is 423 g/mol. The number of nitrogen functional groups attached to an aromatic ring is 1. The summed E-state index contributed by atoms with van der Waals surface area (Å²) in [6.07, 6.45) is 17.4. The standard InChI is InChI=1S/C23H33N7O/c24-19-18-22(29-21(28-19)20-25-14-17(26-20)16-11-12-16)30(23(31)27-18)13-7-2-1-4-8-15-9-5-3-6-10-15/h14-16H,1-13H2,(H,25,26)(H,27,31)(H2,24,28,29). The van der Waals surface area contributed by atoms with Crippen molar-refractivity contribution in [1.82, 2.24) is 29.5 Å². The van der Waals surface area contributed by atoms with E-state index in [9.17, 15) is 4.79 Å². The van der Waals surface area contributed by atoms with Crippen LogP contribution in [-0.2, 0) is 6.54 Å². The minimum absolute atomic E-state index is 0.173. The molecule has 2 fully saturated rings. The fraction of sp³-hybridized carbons (Fsp3) is 0.652. The molecule has 3 aromatic heterocycles. The van der Waals surface area contributed by atoms with Gasteiger partial charge in [0, 0.05) is 18.7 Å². The summed E-state index contributed by atoms with van der Waals surface area (Å²) in [5, 5.41) is 0. The average Bonchev–Trinajstić information content (AvgIpc) is 3.42. The Morgan fingerprint density at radius 1 is 1.00 bits per heavy atom. The molecule has 31 heavy (non-hydrogen) atoms. The van der Waals surface area contributed by atoms with Crippen molar-refractivity contribution in [2.75, 3.05) is 5.73 Å². The van der Waals surface area contributed by atoms with Gasteiger partial charge in [-0.2, -0.15) is 0 Å². The Bertz CT molecular complexity index is 1090. The fourth-order valence-electron chi connectivity index (χ4n) is 4.94. The van der Waals surface area contributed by atoms with Crippen molar-refractivity contribution in [3.8, 4) is 11.6 Å². The lowest BCUT2D eigenvalue weighted by atomic mass is 9.85. The molecule has 2 aliphatic carbocycles. The number of aryl methyl sites for hydroxylation is 1. The number of rotatable bonds is 9. The van der Waals surface area contributed by atoms with Gasteiger partial charge in [-0.05, 0) is 25.2 Å². The zero-order valence-corrected chi connectivity index (χ0v) is 18.2. The minimum Gasteiger partial charge on any atom is -0.382 e. The highest BCUT2D eigenvalue weighted by molar-refractivity contribution is 5.83. The Hall–Kier alpha value is -2.64. The van der Waals surface area contributed by atoms with E-state index in [1.807, 2.05) is 6.20 Å². The number of aromatic nitrogens is 6. The van der Waals surface area contributed by atoms with Gasteiger partial charge in [0.1, 0.15) is 5.52 Å². The second-order valence-electron chi connectivity index (χ2n) is 9.37. The van der Waals surface area contributed by atoms with Crippen LogP contribution in [0.15, 0.2) is 11.0 Å². The topological polar surface area (TPSA) is 118 Å². The van der Waals surface area contributed by atoms with Crippen molar-refractivity contribution in [2.45, 2.75) is 89.5 Å². The second kappa shape index (κ2) is 8.85. The average molecular weight is 424 g/mol. The van der Waals surface area contributed by atoms with Crippen LogP contribution in [0, 0.1) is 5.92 Å². The molecule has 0 unspecified atom stereocenters. The third-order valence-electron chi connectivity index (χ3n) is 6.92. The summed E-state index contributed by atoms with van der Waals surface area (Å²) in [6, 6.07) is 0. The van der Waals surface area contributed by atoms with Gasteiger partial charge in [-0.15, -0.1) is 0 Å². The molecule has 5 rings (SSSR count). The first kappa shape index (κ1) is 20.3. The molecule has 0 bridgehead atoms. The summed E-state index contributed by atoms with van der Waals surface area (Å²) in [5.41, 5.74) is 8.11. The summed E-state index contributed by atoms with van der Waals surface area (Å²) in [7, 11) is 0. The maximum absolute atomic E-state index is 12.5. The molecule has 0 saturated heterocycles. The van der Waals surface area contributed by atoms with E-state index in [0.29, 0.717) is 35.3 Å². The molecule has 0 radical (unpaired) electrons. The summed E-state index contributed by atoms with van der Waals surface area (Å²) >= 11 is 0. The number of anilines is 1. The van der Waals surface area contributed by atoms with Gasteiger partial charge in [-0.1, -0.05) is 57.8 Å². The molecule has 0 aromatic carbocycles. The normalized spacial score (nSPS) is 17.5. The first-order valence-electron chi connectivity index (χ1n) is 12.0. The Balaban J connectivity index is 1.23. The van der Waals surface area contributed by atoms with Gasteiger partial charge < -0.3 is 15.7 Å². The molecule has 0 spiro atoms. The number of hydrogen-bond donors (Lipinski definition) is 3. The Kier molecular flexibility index (Phi) is 5.78. The molecule has 2 aliphatic rings. The molecular formula is C23H33N7O. The lowest BCUT2D eigenvalue weighted by Crippen LogP contribution is -2.17. The van der Waals surface area contributed by atoms with Crippen LogP contribution in [0.4, 0.5) is 5.82 Å². The number of fused-ring (bicyclic) bond motifs is 1. The van der Waals surface area contributed by atoms with Crippen LogP contribution in [-0.4, -0.2) is 29.5 Å². The van der Waals surface area contributed by atoms with Gasteiger partial charge in [0.05, 0.1) is 5.69 Å². The SMILES string of the molecule is Nc1nc(-c2nc(C3CC3)c[nH]2)nc2c1[nH]c(=O)n2CCCCCCC1CCCCC1. The fourth-order valence-corrected chi connectivity index (χ4v) is 4.94. The first-order valence-corrected chi connectivity index (χ1v) is 12.0. The number of nitrogens with two attached hydrogens (primary N) is 1.